The molecule has 0 aliphatic heterocycles. The molecule has 1 amide bonds. The van der Waals surface area contributed by atoms with Gasteiger partial charge in [-0.05, 0) is 46.9 Å². The molecule has 1 aromatic heterocycles. The van der Waals surface area contributed by atoms with Crippen LogP contribution in [0.5, 0.6) is 0 Å². The molecule has 6 nitrogen and oxygen atoms in total. The quantitative estimate of drug-likeness (QED) is 0.110. The number of carbonyl (C=O) groups excluding carboxylic acids is 1. The van der Waals surface area contributed by atoms with Crippen LogP contribution in [-0.2, 0) is 11.3 Å². The van der Waals surface area contributed by atoms with Gasteiger partial charge in [0.25, 0.3) is 5.91 Å². The molecule has 1 heterocycles. The van der Waals surface area contributed by atoms with Gasteiger partial charge >= 0.3 is 0 Å². The molecule has 44 heavy (non-hydrogen) atoms. The first-order valence-electron chi connectivity index (χ1n) is 16.1. The highest BCUT2D eigenvalue weighted by Gasteiger charge is 2.26. The van der Waals surface area contributed by atoms with E-state index in [-0.39, 0.29) is 5.91 Å². The first-order chi connectivity index (χ1) is 20.9. The van der Waals surface area contributed by atoms with Gasteiger partial charge in [0.05, 0.1) is 31.7 Å². The third-order valence-electron chi connectivity index (χ3n) is 8.50. The summed E-state index contributed by atoms with van der Waals surface area (Å²) in [5, 5.41) is 4.90. The molecular formula is C38H50N5O+. The number of imidazole rings is 1. The van der Waals surface area contributed by atoms with Gasteiger partial charge in [0, 0.05) is 62.2 Å². The second kappa shape index (κ2) is 13.0. The minimum absolute atomic E-state index is 0.254. The smallest absolute Gasteiger partial charge is 0.277 e. The molecule has 5 aromatic rings. The zero-order chi connectivity index (χ0) is 31.6. The van der Waals surface area contributed by atoms with E-state index in [9.17, 15) is 4.79 Å². The Bertz CT molecular complexity index is 1740. The van der Waals surface area contributed by atoms with E-state index in [0.29, 0.717) is 22.9 Å². The number of carbonyl (C=O) groups is 1. The molecule has 0 aliphatic carbocycles. The number of benzene rings is 4. The number of nitrogens with zero attached hydrogens (tertiary/aromatic N) is 5. The van der Waals surface area contributed by atoms with Gasteiger partial charge in [-0.2, -0.15) is 0 Å². The summed E-state index contributed by atoms with van der Waals surface area (Å²) in [5.41, 5.74) is 4.52. The highest BCUT2D eigenvalue weighted by Crippen LogP contribution is 2.37. The fourth-order valence-electron chi connectivity index (χ4n) is 6.47. The van der Waals surface area contributed by atoms with Crippen LogP contribution < -0.4 is 4.90 Å². The monoisotopic (exact) mass is 592 g/mol. The summed E-state index contributed by atoms with van der Waals surface area (Å²) in [6, 6.07) is 26.1. The summed E-state index contributed by atoms with van der Waals surface area (Å²) >= 11 is 0. The van der Waals surface area contributed by atoms with E-state index < -0.39 is 0 Å². The molecule has 0 N–H and O–H groups in total. The van der Waals surface area contributed by atoms with Crippen molar-refractivity contribution >= 4 is 44.2 Å². The summed E-state index contributed by atoms with van der Waals surface area (Å²) in [4.78, 5) is 23.0. The van der Waals surface area contributed by atoms with Crippen molar-refractivity contribution in [3.05, 3.63) is 72.8 Å². The van der Waals surface area contributed by atoms with Crippen molar-refractivity contribution in [2.24, 2.45) is 11.8 Å². The molecule has 232 valence electrons. The molecule has 0 unspecified atom stereocenters. The number of likely N-dealkylation sites (N-methyl/N-ethyl adjacent to an activating group) is 1. The van der Waals surface area contributed by atoms with Crippen molar-refractivity contribution in [2.75, 3.05) is 59.3 Å². The van der Waals surface area contributed by atoms with Gasteiger partial charge in [0.2, 0.25) is 0 Å². The third-order valence-corrected chi connectivity index (χ3v) is 8.50. The lowest BCUT2D eigenvalue weighted by Gasteiger charge is -2.33. The lowest BCUT2D eigenvalue weighted by atomic mass is 10.00. The summed E-state index contributed by atoms with van der Waals surface area (Å²) in [6.07, 6.45) is 0.935. The van der Waals surface area contributed by atoms with Crippen molar-refractivity contribution in [3.63, 3.8) is 0 Å². The average molecular weight is 593 g/mol. The van der Waals surface area contributed by atoms with E-state index in [0.717, 1.165) is 49.5 Å². The predicted octanol–water partition coefficient (Wildman–Crippen LogP) is 7.68. The molecule has 6 heteroatoms. The molecule has 0 radical (unpaired) electrons. The zero-order valence-corrected chi connectivity index (χ0v) is 28.0. The van der Waals surface area contributed by atoms with Gasteiger partial charge in [0.15, 0.2) is 6.54 Å². The number of amides is 1. The average Bonchev–Trinajstić information content (AvgIpc) is 3.36. The van der Waals surface area contributed by atoms with E-state index in [1.165, 1.54) is 32.7 Å². The molecular weight excluding hydrogens is 542 g/mol. The van der Waals surface area contributed by atoms with Gasteiger partial charge in [0.1, 0.15) is 5.82 Å². The van der Waals surface area contributed by atoms with Crippen molar-refractivity contribution in [1.82, 2.24) is 14.5 Å². The molecule has 0 saturated heterocycles. The maximum Gasteiger partial charge on any atom is 0.277 e. The molecule has 0 bridgehead atoms. The van der Waals surface area contributed by atoms with Crippen LogP contribution in [0.1, 0.15) is 34.1 Å². The number of quaternary nitrogens is 1. The first-order valence-corrected chi connectivity index (χ1v) is 16.1. The topological polar surface area (TPSA) is 41.4 Å². The molecule has 0 spiro atoms. The Morgan fingerprint density at radius 2 is 1.34 bits per heavy atom. The van der Waals surface area contributed by atoms with Crippen molar-refractivity contribution in [1.29, 1.82) is 0 Å². The van der Waals surface area contributed by atoms with Crippen LogP contribution in [0, 0.1) is 11.8 Å². The number of anilines is 1. The fraction of sp³-hybridized carbons (Fsp3) is 0.421. The Morgan fingerprint density at radius 1 is 0.795 bits per heavy atom. The second-order valence-corrected chi connectivity index (χ2v) is 14.1. The van der Waals surface area contributed by atoms with Crippen LogP contribution in [-0.4, -0.2) is 79.2 Å². The van der Waals surface area contributed by atoms with Crippen LogP contribution >= 0.6 is 0 Å². The van der Waals surface area contributed by atoms with E-state index in [1.54, 1.807) is 0 Å². The van der Waals surface area contributed by atoms with Crippen molar-refractivity contribution in [2.45, 2.75) is 40.7 Å². The van der Waals surface area contributed by atoms with Gasteiger partial charge in [-0.1, -0.05) is 76.2 Å². The van der Waals surface area contributed by atoms with Crippen molar-refractivity contribution in [3.8, 4) is 11.4 Å². The normalized spacial score (nSPS) is 12.2. The van der Waals surface area contributed by atoms with Crippen LogP contribution in [0.15, 0.2) is 72.8 Å². The number of fused-ring (bicyclic) bond motifs is 6. The zero-order valence-electron chi connectivity index (χ0n) is 28.0. The van der Waals surface area contributed by atoms with E-state index in [1.807, 2.05) is 0 Å². The first kappa shape index (κ1) is 31.5. The minimum Gasteiger partial charge on any atom is -0.378 e. The number of aryl methyl sites for hydroxylation is 1. The van der Waals surface area contributed by atoms with Gasteiger partial charge in [-0.3, -0.25) is 4.79 Å². The lowest BCUT2D eigenvalue weighted by molar-refractivity contribution is -0.883. The van der Waals surface area contributed by atoms with Crippen molar-refractivity contribution < 1.29 is 9.28 Å². The van der Waals surface area contributed by atoms with E-state index in [2.05, 4.69) is 143 Å². The second-order valence-electron chi connectivity index (χ2n) is 14.1. The van der Waals surface area contributed by atoms with Crippen LogP contribution in [0.4, 0.5) is 5.69 Å². The maximum atomic E-state index is 13.5. The third kappa shape index (κ3) is 6.76. The number of aromatic nitrogens is 2. The number of rotatable bonds is 12. The van der Waals surface area contributed by atoms with Gasteiger partial charge in [-0.15, -0.1) is 0 Å². The standard InChI is InChI=1S/C38H50N5O/c1-27(2)24-41(25-28(3)4)35(44)26-43(7,8)23-13-22-42-37-34-17-12-10-15-32(34)31-14-9-11-16-33(31)36(37)39-38(42)29-18-20-30(21-19-29)40(5)6/h9-12,14-21,27-28H,13,22-26H2,1-8H3/q+1. The van der Waals surface area contributed by atoms with Crippen LogP contribution in [0.2, 0.25) is 0 Å². The molecule has 0 atom stereocenters. The number of hydrogen-bond acceptors (Lipinski definition) is 3. The molecule has 5 rings (SSSR count). The van der Waals surface area contributed by atoms with E-state index in [4.69, 9.17) is 4.98 Å². The molecule has 0 fully saturated rings. The summed E-state index contributed by atoms with van der Waals surface area (Å²) in [7, 11) is 8.52. The highest BCUT2D eigenvalue weighted by atomic mass is 16.2. The minimum atomic E-state index is 0.254. The fourth-order valence-corrected chi connectivity index (χ4v) is 6.47. The number of hydrogen-bond donors (Lipinski definition) is 0. The SMILES string of the molecule is CC(C)CN(CC(C)C)C(=O)C[N+](C)(C)CCCn1c(-c2ccc(N(C)C)cc2)nc2c3ccccc3c3ccccc3c21. The Labute approximate surface area is 263 Å². The Hall–Kier alpha value is -3.90. The summed E-state index contributed by atoms with van der Waals surface area (Å²) in [5.74, 6) is 2.16. The summed E-state index contributed by atoms with van der Waals surface area (Å²) < 4.78 is 3.09. The Kier molecular flexibility index (Phi) is 9.31. The molecule has 4 aromatic carbocycles. The summed E-state index contributed by atoms with van der Waals surface area (Å²) in [6.45, 7) is 12.6. The lowest BCUT2D eigenvalue weighted by Crippen LogP contribution is -2.50. The molecule has 0 aliphatic rings. The molecule has 0 saturated carbocycles. The Morgan fingerprint density at radius 3 is 1.91 bits per heavy atom. The van der Waals surface area contributed by atoms with Crippen LogP contribution in [0.25, 0.3) is 44.0 Å². The maximum absolute atomic E-state index is 13.5. The highest BCUT2D eigenvalue weighted by molar-refractivity contribution is 6.23. The van der Waals surface area contributed by atoms with Gasteiger partial charge in [-0.25, -0.2) is 4.98 Å². The largest absolute Gasteiger partial charge is 0.378 e. The Balaban J connectivity index is 1.51. The van der Waals surface area contributed by atoms with Crippen LogP contribution in [0.3, 0.4) is 0 Å². The van der Waals surface area contributed by atoms with E-state index >= 15 is 0 Å². The predicted molar refractivity (Wildman–Crippen MR) is 187 cm³/mol. The van der Waals surface area contributed by atoms with Gasteiger partial charge < -0.3 is 18.8 Å².